The van der Waals surface area contributed by atoms with E-state index < -0.39 is 12.2 Å². The van der Waals surface area contributed by atoms with Gasteiger partial charge in [0, 0.05) is 6.42 Å². The van der Waals surface area contributed by atoms with E-state index in [1.54, 1.807) is 0 Å². The fourth-order valence-corrected chi connectivity index (χ4v) is 5.60. The molecule has 3 N–H and O–H groups in total. The Morgan fingerprint density at radius 2 is 0.805 bits per heavy atom. The molecule has 0 aromatic heterocycles. The molecule has 0 fully saturated rings. The van der Waals surface area contributed by atoms with E-state index in [4.69, 9.17) is 4.74 Å². The van der Waals surface area contributed by atoms with Crippen LogP contribution in [-0.2, 0) is 9.53 Å². The minimum absolute atomic E-state index is 0.0493. The summed E-state index contributed by atoms with van der Waals surface area (Å²) in [4.78, 5) is 11.9. The van der Waals surface area contributed by atoms with E-state index >= 15 is 0 Å². The Labute approximate surface area is 255 Å². The molecule has 0 unspecified atom stereocenters. The molecule has 0 saturated heterocycles. The highest BCUT2D eigenvalue weighted by molar-refractivity contribution is 5.69. The lowest BCUT2D eigenvalue weighted by Crippen LogP contribution is -2.25. The van der Waals surface area contributed by atoms with Crippen molar-refractivity contribution in [2.24, 2.45) is 0 Å². The Kier molecular flexibility index (Phi) is 31.8. The molecule has 246 valence electrons. The maximum absolute atomic E-state index is 11.9. The van der Waals surface area contributed by atoms with Crippen molar-refractivity contribution in [1.29, 1.82) is 0 Å². The van der Waals surface area contributed by atoms with Gasteiger partial charge in [0.15, 0.2) is 0 Å². The van der Waals surface area contributed by atoms with Gasteiger partial charge < -0.3 is 20.1 Å². The molecule has 0 aliphatic heterocycles. The fraction of sp³-hybridized carbons (Fsp3) is 0.972. The van der Waals surface area contributed by atoms with Crippen LogP contribution < -0.4 is 0 Å². The number of aliphatic hydroxyl groups excluding tert-OH is 3. The fourth-order valence-electron chi connectivity index (χ4n) is 5.60. The lowest BCUT2D eigenvalue weighted by atomic mass is 9.99. The Morgan fingerprint density at radius 3 is 1.27 bits per heavy atom. The Hall–Kier alpha value is -0.650. The first-order chi connectivity index (χ1) is 20.0. The molecule has 0 aromatic rings. The number of carbonyl (C=O) groups excluding carboxylic acids is 1. The van der Waals surface area contributed by atoms with Crippen LogP contribution in [0.2, 0.25) is 0 Å². The number of esters is 1. The molecule has 5 nitrogen and oxygen atoms in total. The normalized spacial score (nSPS) is 13.8. The summed E-state index contributed by atoms with van der Waals surface area (Å²) < 4.78 is 5.39. The van der Waals surface area contributed by atoms with Crippen molar-refractivity contribution in [3.8, 4) is 0 Å². The summed E-state index contributed by atoms with van der Waals surface area (Å²) in [7, 11) is 0. The molecule has 0 bridgehead atoms. The lowest BCUT2D eigenvalue weighted by molar-refractivity contribution is -0.143. The maximum Gasteiger partial charge on any atom is 0.305 e. The molecule has 0 heterocycles. The number of rotatable bonds is 33. The van der Waals surface area contributed by atoms with Crippen LogP contribution in [0.1, 0.15) is 200 Å². The van der Waals surface area contributed by atoms with Crippen LogP contribution in [0.4, 0.5) is 0 Å². The quantitative estimate of drug-likeness (QED) is 0.0528. The van der Waals surface area contributed by atoms with E-state index in [0.717, 1.165) is 89.9 Å². The molecule has 0 aliphatic rings. The first-order valence-corrected chi connectivity index (χ1v) is 18.2. The van der Waals surface area contributed by atoms with Crippen LogP contribution >= 0.6 is 0 Å². The zero-order valence-corrected chi connectivity index (χ0v) is 27.6. The van der Waals surface area contributed by atoms with E-state index in [2.05, 4.69) is 13.8 Å². The zero-order chi connectivity index (χ0) is 30.2. The number of carbonyl (C=O) groups is 1. The van der Waals surface area contributed by atoms with E-state index in [9.17, 15) is 20.1 Å². The maximum atomic E-state index is 11.9. The molecule has 0 spiro atoms. The second-order valence-electron chi connectivity index (χ2n) is 12.7. The summed E-state index contributed by atoms with van der Waals surface area (Å²) in [5.41, 5.74) is 0. The van der Waals surface area contributed by atoms with Crippen LogP contribution in [0, 0.1) is 0 Å². The molecule has 0 rings (SSSR count). The van der Waals surface area contributed by atoms with Gasteiger partial charge in [0.05, 0.1) is 24.9 Å². The van der Waals surface area contributed by atoms with Crippen molar-refractivity contribution in [2.75, 3.05) is 6.61 Å². The predicted molar refractivity (Wildman–Crippen MR) is 174 cm³/mol. The number of ether oxygens (including phenoxy) is 1. The van der Waals surface area contributed by atoms with Gasteiger partial charge in [0.1, 0.15) is 0 Å². The van der Waals surface area contributed by atoms with Gasteiger partial charge in [0.2, 0.25) is 0 Å². The molecule has 3 atom stereocenters. The van der Waals surface area contributed by atoms with E-state index in [-0.39, 0.29) is 12.1 Å². The summed E-state index contributed by atoms with van der Waals surface area (Å²) in [6.07, 6.45) is 30.6. The van der Waals surface area contributed by atoms with Crippen LogP contribution in [0.25, 0.3) is 0 Å². The third kappa shape index (κ3) is 30.6. The summed E-state index contributed by atoms with van der Waals surface area (Å²) >= 11 is 0. The van der Waals surface area contributed by atoms with Crippen molar-refractivity contribution >= 4 is 5.97 Å². The van der Waals surface area contributed by atoms with Crippen molar-refractivity contribution < 1.29 is 24.9 Å². The van der Waals surface area contributed by atoms with Gasteiger partial charge in [-0.05, 0) is 38.5 Å². The highest BCUT2D eigenvalue weighted by Crippen LogP contribution is 2.16. The number of hydrogen-bond donors (Lipinski definition) is 3. The first kappa shape index (κ1) is 40.4. The van der Waals surface area contributed by atoms with Gasteiger partial charge in [-0.2, -0.15) is 0 Å². The first-order valence-electron chi connectivity index (χ1n) is 18.2. The smallest absolute Gasteiger partial charge is 0.305 e. The van der Waals surface area contributed by atoms with Gasteiger partial charge in [-0.1, -0.05) is 155 Å². The van der Waals surface area contributed by atoms with Crippen molar-refractivity contribution in [3.05, 3.63) is 0 Å². The zero-order valence-electron chi connectivity index (χ0n) is 27.6. The molecule has 0 saturated carbocycles. The second kappa shape index (κ2) is 32.3. The van der Waals surface area contributed by atoms with Crippen LogP contribution in [0.3, 0.4) is 0 Å². The molecule has 0 amide bonds. The van der Waals surface area contributed by atoms with Crippen LogP contribution in [0.5, 0.6) is 0 Å². The summed E-state index contributed by atoms with van der Waals surface area (Å²) in [5.74, 6) is -0.0493. The summed E-state index contributed by atoms with van der Waals surface area (Å²) in [6, 6.07) is 0. The lowest BCUT2D eigenvalue weighted by Gasteiger charge is -2.17. The largest absolute Gasteiger partial charge is 0.466 e. The molecular formula is C36H72O5. The Bertz CT molecular complexity index is 526. The van der Waals surface area contributed by atoms with Crippen LogP contribution in [-0.4, -0.2) is 46.2 Å². The second-order valence-corrected chi connectivity index (χ2v) is 12.7. The molecule has 0 radical (unpaired) electrons. The van der Waals surface area contributed by atoms with Gasteiger partial charge in [-0.15, -0.1) is 0 Å². The standard InChI is InChI=1S/C36H72O5/c1-3-5-7-9-17-23-29-34(38)35(39)30-24-18-14-15-20-26-32-41-36(40)31-25-19-13-11-10-12-16-22-28-33(37)27-21-8-6-4-2/h33-35,37-39H,3-32H2,1-2H3/t33-,34-,35-/m1/s1. The summed E-state index contributed by atoms with van der Waals surface area (Å²) in [5, 5.41) is 30.3. The van der Waals surface area contributed by atoms with E-state index in [0.29, 0.717) is 19.4 Å². The average molecular weight is 585 g/mol. The number of unbranched alkanes of at least 4 members (excludes halogenated alkanes) is 20. The molecule has 41 heavy (non-hydrogen) atoms. The van der Waals surface area contributed by atoms with Crippen molar-refractivity contribution in [1.82, 2.24) is 0 Å². The highest BCUT2D eigenvalue weighted by Gasteiger charge is 2.15. The van der Waals surface area contributed by atoms with Crippen molar-refractivity contribution in [2.45, 2.75) is 218 Å². The van der Waals surface area contributed by atoms with E-state index in [1.807, 2.05) is 0 Å². The summed E-state index contributed by atoms with van der Waals surface area (Å²) in [6.45, 7) is 4.98. The highest BCUT2D eigenvalue weighted by atomic mass is 16.5. The van der Waals surface area contributed by atoms with Gasteiger partial charge >= 0.3 is 5.97 Å². The van der Waals surface area contributed by atoms with Gasteiger partial charge in [0.25, 0.3) is 0 Å². The molecule has 5 heteroatoms. The third-order valence-corrected chi connectivity index (χ3v) is 8.51. The minimum atomic E-state index is -0.578. The van der Waals surface area contributed by atoms with Crippen LogP contribution in [0.15, 0.2) is 0 Å². The number of hydrogen-bond acceptors (Lipinski definition) is 5. The van der Waals surface area contributed by atoms with Gasteiger partial charge in [-0.25, -0.2) is 0 Å². The topological polar surface area (TPSA) is 87.0 Å². The number of aliphatic hydroxyl groups is 3. The Morgan fingerprint density at radius 1 is 0.463 bits per heavy atom. The monoisotopic (exact) mass is 585 g/mol. The molecular weight excluding hydrogens is 512 g/mol. The predicted octanol–water partition coefficient (Wildman–Crippen LogP) is 9.96. The molecule has 0 aliphatic carbocycles. The third-order valence-electron chi connectivity index (χ3n) is 8.51. The molecule has 0 aromatic carbocycles. The van der Waals surface area contributed by atoms with E-state index in [1.165, 1.54) is 83.5 Å². The van der Waals surface area contributed by atoms with Gasteiger partial charge in [-0.3, -0.25) is 4.79 Å². The average Bonchev–Trinajstić information content (AvgIpc) is 2.96. The SMILES string of the molecule is CCCCCCCC[C@@H](O)[C@H](O)CCCCCCCCOC(=O)CCCCCCCCCC[C@H](O)CCCCCC. The minimum Gasteiger partial charge on any atom is -0.466 e. The Balaban J connectivity index is 3.35. The van der Waals surface area contributed by atoms with Crippen molar-refractivity contribution in [3.63, 3.8) is 0 Å².